The maximum atomic E-state index is 13.5. The van der Waals surface area contributed by atoms with Crippen LogP contribution in [0.2, 0.25) is 0 Å². The molecule has 10 nitrogen and oxygen atoms in total. The summed E-state index contributed by atoms with van der Waals surface area (Å²) >= 11 is 0. The molecule has 0 fully saturated rings. The minimum atomic E-state index is -4.75. The number of fused-ring (bicyclic) bond motifs is 3. The second-order valence-electron chi connectivity index (χ2n) is 9.80. The summed E-state index contributed by atoms with van der Waals surface area (Å²) in [6.07, 6.45) is -2.15. The molecule has 0 saturated heterocycles. The number of carbonyl (C=O) groups is 1. The highest BCUT2D eigenvalue weighted by Crippen LogP contribution is 2.44. The summed E-state index contributed by atoms with van der Waals surface area (Å²) in [6.45, 7) is 6.88. The van der Waals surface area contributed by atoms with E-state index in [0.29, 0.717) is 72.7 Å². The van der Waals surface area contributed by atoms with Gasteiger partial charge in [-0.05, 0) is 43.5 Å². The Hall–Kier alpha value is -4.42. The van der Waals surface area contributed by atoms with E-state index in [0.717, 1.165) is 23.3 Å². The third-order valence-corrected chi connectivity index (χ3v) is 7.04. The fraction of sp³-hybridized carbons (Fsp3) is 0.370. The number of alkyl halides is 3. The minimum absolute atomic E-state index is 0.00654. The van der Waals surface area contributed by atoms with E-state index in [2.05, 4.69) is 20.6 Å². The summed E-state index contributed by atoms with van der Waals surface area (Å²) in [5.41, 5.74) is 1.41. The maximum Gasteiger partial charge on any atom is 0.416 e. The van der Waals surface area contributed by atoms with Gasteiger partial charge in [0.2, 0.25) is 5.91 Å². The first-order valence-electron chi connectivity index (χ1n) is 12.7. The molecule has 0 bridgehead atoms. The van der Waals surface area contributed by atoms with Crippen molar-refractivity contribution >= 4 is 39.6 Å². The molecule has 210 valence electrons. The number of nitro benzene ring substituents is 1. The highest BCUT2D eigenvalue weighted by Gasteiger charge is 2.33. The van der Waals surface area contributed by atoms with E-state index in [4.69, 9.17) is 4.74 Å². The highest BCUT2D eigenvalue weighted by atomic mass is 19.4. The second kappa shape index (κ2) is 10.3. The normalized spacial score (nSPS) is 15.9. The molecular weight excluding hydrogens is 529 g/mol. The summed E-state index contributed by atoms with van der Waals surface area (Å²) < 4.78 is 46.6. The molecule has 2 aromatic carbocycles. The SMILES string of the molecule is CC(=O)N1CC=C(c2cc3c(N[C@H](C)c4cc([N+](=O)[O-])cc(C(F)(F)F)c4)nc(C)nc3c3c2OCCN3)CC1. The Labute approximate surface area is 227 Å². The minimum Gasteiger partial charge on any atom is -0.489 e. The van der Waals surface area contributed by atoms with Crippen molar-refractivity contribution in [3.05, 3.63) is 63.0 Å². The van der Waals surface area contributed by atoms with Crippen molar-refractivity contribution in [1.82, 2.24) is 14.9 Å². The Bertz CT molecular complexity index is 1560. The number of benzene rings is 2. The van der Waals surface area contributed by atoms with Crippen LogP contribution < -0.4 is 15.4 Å². The molecule has 0 radical (unpaired) electrons. The van der Waals surface area contributed by atoms with Crippen molar-refractivity contribution in [2.75, 3.05) is 36.9 Å². The zero-order chi connectivity index (χ0) is 28.8. The summed E-state index contributed by atoms with van der Waals surface area (Å²) in [4.78, 5) is 33.3. The van der Waals surface area contributed by atoms with E-state index in [-0.39, 0.29) is 11.5 Å². The Morgan fingerprint density at radius 2 is 2.02 bits per heavy atom. The van der Waals surface area contributed by atoms with Crippen LogP contribution in [0.25, 0.3) is 16.5 Å². The van der Waals surface area contributed by atoms with E-state index in [1.807, 2.05) is 12.1 Å². The smallest absolute Gasteiger partial charge is 0.416 e. The molecular formula is C27H27F3N6O4. The maximum absolute atomic E-state index is 13.5. The average molecular weight is 557 g/mol. The molecule has 3 heterocycles. The molecule has 1 atom stereocenters. The van der Waals surface area contributed by atoms with Crippen molar-refractivity contribution in [3.63, 3.8) is 0 Å². The van der Waals surface area contributed by atoms with Gasteiger partial charge in [-0.2, -0.15) is 13.2 Å². The molecule has 0 saturated carbocycles. The van der Waals surface area contributed by atoms with Gasteiger partial charge in [-0.25, -0.2) is 9.97 Å². The monoisotopic (exact) mass is 556 g/mol. The molecule has 0 aliphatic carbocycles. The first-order chi connectivity index (χ1) is 18.9. The van der Waals surface area contributed by atoms with Gasteiger partial charge in [0.25, 0.3) is 5.69 Å². The number of nitro groups is 1. The number of anilines is 2. The van der Waals surface area contributed by atoms with E-state index in [1.165, 1.54) is 6.92 Å². The van der Waals surface area contributed by atoms with Crippen LogP contribution in [0.3, 0.4) is 0 Å². The standard InChI is InChI=1S/C27H27F3N6O4/c1-14(18-10-19(27(28,29)30)12-20(11-18)36(38)39)32-26-22-13-21(17-4-7-35(8-5-17)16(3)37)25-24(31-6-9-40-25)23(22)33-15(2)34-26/h4,10-14,31H,5-9H2,1-3H3,(H,32,33,34)/t14-/m1/s1. The number of nitrogens with one attached hydrogen (secondary N) is 2. The van der Waals surface area contributed by atoms with Crippen LogP contribution >= 0.6 is 0 Å². The first-order valence-corrected chi connectivity index (χ1v) is 12.7. The number of ether oxygens (including phenoxy) is 1. The molecule has 40 heavy (non-hydrogen) atoms. The molecule has 3 aromatic rings. The van der Waals surface area contributed by atoms with Gasteiger partial charge < -0.3 is 20.3 Å². The predicted molar refractivity (Wildman–Crippen MR) is 143 cm³/mol. The van der Waals surface area contributed by atoms with Gasteiger partial charge in [-0.15, -0.1) is 0 Å². The lowest BCUT2D eigenvalue weighted by atomic mass is 9.95. The van der Waals surface area contributed by atoms with Gasteiger partial charge in [-0.3, -0.25) is 14.9 Å². The second-order valence-corrected chi connectivity index (χ2v) is 9.80. The average Bonchev–Trinajstić information content (AvgIpc) is 2.92. The summed E-state index contributed by atoms with van der Waals surface area (Å²) in [6, 6.07) is 3.67. The molecule has 2 aliphatic rings. The fourth-order valence-electron chi connectivity index (χ4n) is 4.99. The van der Waals surface area contributed by atoms with Crippen LogP contribution in [0.1, 0.15) is 48.8 Å². The van der Waals surface area contributed by atoms with Crippen molar-refractivity contribution in [2.24, 2.45) is 0 Å². The number of halogens is 3. The third kappa shape index (κ3) is 5.23. The largest absolute Gasteiger partial charge is 0.489 e. The summed E-state index contributed by atoms with van der Waals surface area (Å²) in [5, 5.41) is 18.5. The van der Waals surface area contributed by atoms with E-state index < -0.39 is 28.4 Å². The zero-order valence-electron chi connectivity index (χ0n) is 22.1. The molecule has 5 rings (SSSR count). The van der Waals surface area contributed by atoms with Gasteiger partial charge in [0, 0.05) is 49.6 Å². The van der Waals surface area contributed by atoms with Crippen molar-refractivity contribution in [1.29, 1.82) is 0 Å². The molecule has 2 aliphatic heterocycles. The molecule has 1 amide bonds. The highest BCUT2D eigenvalue weighted by molar-refractivity contribution is 6.03. The summed E-state index contributed by atoms with van der Waals surface area (Å²) in [7, 11) is 0. The Kier molecular flexibility index (Phi) is 6.98. The Morgan fingerprint density at radius 3 is 2.67 bits per heavy atom. The number of carbonyl (C=O) groups excluding carboxylic acids is 1. The zero-order valence-corrected chi connectivity index (χ0v) is 22.1. The predicted octanol–water partition coefficient (Wildman–Crippen LogP) is 5.48. The molecule has 0 spiro atoms. The number of non-ortho nitro benzene ring substituents is 1. The lowest BCUT2D eigenvalue weighted by Gasteiger charge is -2.29. The number of rotatable bonds is 5. The molecule has 0 unspecified atom stereocenters. The quantitative estimate of drug-likeness (QED) is 0.313. The Balaban J connectivity index is 1.61. The molecule has 13 heteroatoms. The van der Waals surface area contributed by atoms with Crippen molar-refractivity contribution in [2.45, 2.75) is 39.4 Å². The number of aryl methyl sites for hydroxylation is 1. The van der Waals surface area contributed by atoms with Crippen molar-refractivity contribution < 1.29 is 27.6 Å². The number of amides is 1. The van der Waals surface area contributed by atoms with Gasteiger partial charge >= 0.3 is 6.18 Å². The van der Waals surface area contributed by atoms with Crippen LogP contribution in [0.5, 0.6) is 5.75 Å². The number of nitrogens with zero attached hydrogens (tertiary/aromatic N) is 4. The lowest BCUT2D eigenvalue weighted by molar-refractivity contribution is -0.385. The third-order valence-electron chi connectivity index (χ3n) is 7.04. The van der Waals surface area contributed by atoms with Crippen LogP contribution in [-0.2, 0) is 11.0 Å². The van der Waals surface area contributed by atoms with Crippen LogP contribution in [0.4, 0.5) is 30.4 Å². The first kappa shape index (κ1) is 27.2. The number of aromatic nitrogens is 2. The van der Waals surface area contributed by atoms with Crippen LogP contribution in [0, 0.1) is 17.0 Å². The summed E-state index contributed by atoms with van der Waals surface area (Å²) in [5.74, 6) is 1.43. The van der Waals surface area contributed by atoms with Gasteiger partial charge in [-0.1, -0.05) is 6.08 Å². The van der Waals surface area contributed by atoms with Crippen molar-refractivity contribution in [3.8, 4) is 5.75 Å². The number of hydrogen-bond acceptors (Lipinski definition) is 8. The molecule has 1 aromatic heterocycles. The topological polar surface area (TPSA) is 123 Å². The van der Waals surface area contributed by atoms with E-state index >= 15 is 0 Å². The molecule has 2 N–H and O–H groups in total. The van der Waals surface area contributed by atoms with E-state index in [9.17, 15) is 28.1 Å². The van der Waals surface area contributed by atoms with Gasteiger partial charge in [0.15, 0.2) is 5.75 Å². The fourth-order valence-corrected chi connectivity index (χ4v) is 4.99. The van der Waals surface area contributed by atoms with E-state index in [1.54, 1.807) is 18.7 Å². The van der Waals surface area contributed by atoms with Crippen LogP contribution in [0.15, 0.2) is 30.3 Å². The van der Waals surface area contributed by atoms with Crippen LogP contribution in [-0.4, -0.2) is 51.9 Å². The lowest BCUT2D eigenvalue weighted by Crippen LogP contribution is -2.32. The van der Waals surface area contributed by atoms with Gasteiger partial charge in [0.1, 0.15) is 29.5 Å². The Morgan fingerprint density at radius 1 is 1.25 bits per heavy atom. The van der Waals surface area contributed by atoms with Gasteiger partial charge in [0.05, 0.1) is 16.5 Å². The number of hydrogen-bond donors (Lipinski definition) is 2.